The average molecular weight is 294 g/mol. The van der Waals surface area contributed by atoms with Crippen molar-refractivity contribution in [3.8, 4) is 0 Å². The Morgan fingerprint density at radius 2 is 1.52 bits per heavy atom. The predicted octanol–water partition coefficient (Wildman–Crippen LogP) is 5.93. The number of hydrogen-bond donors (Lipinski definition) is 1. The number of rotatable bonds is 7. The maximum atomic E-state index is 3.61. The molecule has 2 aliphatic carbocycles. The average Bonchev–Trinajstić information content (AvgIpc) is 2.79. The molecule has 3 atom stereocenters. The molecule has 0 aliphatic heterocycles. The van der Waals surface area contributed by atoms with Crippen molar-refractivity contribution >= 4 is 0 Å². The Morgan fingerprint density at radius 1 is 0.857 bits per heavy atom. The van der Waals surface area contributed by atoms with Crippen LogP contribution in [0.3, 0.4) is 0 Å². The fraction of sp³-hybridized carbons (Fsp3) is 1.00. The summed E-state index contributed by atoms with van der Waals surface area (Å²) >= 11 is 0. The van der Waals surface area contributed by atoms with Crippen molar-refractivity contribution in [2.45, 2.75) is 103 Å². The molecular weight excluding hydrogens is 254 g/mol. The second kappa shape index (κ2) is 9.87. The third-order valence-corrected chi connectivity index (χ3v) is 6.32. The summed E-state index contributed by atoms with van der Waals surface area (Å²) in [6, 6.07) is 0.788. The molecule has 0 aromatic carbocycles. The molecule has 3 unspecified atom stereocenters. The van der Waals surface area contributed by atoms with Gasteiger partial charge in [-0.3, -0.25) is 0 Å². The van der Waals surface area contributed by atoms with Crippen LogP contribution in [0.2, 0.25) is 0 Å². The molecule has 0 spiro atoms. The molecule has 1 N–H and O–H groups in total. The summed E-state index contributed by atoms with van der Waals surface area (Å²) in [6.07, 6.45) is 20.9. The van der Waals surface area contributed by atoms with Crippen LogP contribution in [-0.2, 0) is 0 Å². The first-order valence-corrected chi connectivity index (χ1v) is 10.0. The lowest BCUT2D eigenvalue weighted by Gasteiger charge is -2.35. The molecule has 0 heterocycles. The van der Waals surface area contributed by atoms with E-state index in [0.29, 0.717) is 0 Å². The van der Waals surface area contributed by atoms with Gasteiger partial charge >= 0.3 is 0 Å². The highest BCUT2D eigenvalue weighted by molar-refractivity contribution is 4.82. The third-order valence-electron chi connectivity index (χ3n) is 6.32. The summed E-state index contributed by atoms with van der Waals surface area (Å²) in [6.45, 7) is 2.33. The van der Waals surface area contributed by atoms with E-state index in [2.05, 4.69) is 19.3 Å². The molecule has 21 heavy (non-hydrogen) atoms. The SMILES string of the molecule is CCCC(NC)C1CCCC(CCC2CCCCCC2)C1. The van der Waals surface area contributed by atoms with E-state index in [-0.39, 0.29) is 0 Å². The minimum absolute atomic E-state index is 0.788. The van der Waals surface area contributed by atoms with Gasteiger partial charge in [-0.1, -0.05) is 77.6 Å². The predicted molar refractivity (Wildman–Crippen MR) is 93.6 cm³/mol. The summed E-state index contributed by atoms with van der Waals surface area (Å²) < 4.78 is 0. The van der Waals surface area contributed by atoms with Gasteiger partial charge in [-0.05, 0) is 44.1 Å². The minimum atomic E-state index is 0.788. The van der Waals surface area contributed by atoms with E-state index in [4.69, 9.17) is 0 Å². The summed E-state index contributed by atoms with van der Waals surface area (Å²) in [7, 11) is 2.18. The molecule has 0 aromatic rings. The second-order valence-electron chi connectivity index (χ2n) is 7.91. The van der Waals surface area contributed by atoms with Gasteiger partial charge in [-0.25, -0.2) is 0 Å². The normalized spacial score (nSPS) is 30.0. The van der Waals surface area contributed by atoms with Crippen LogP contribution < -0.4 is 5.32 Å². The van der Waals surface area contributed by atoms with Crippen molar-refractivity contribution in [2.75, 3.05) is 7.05 Å². The smallest absolute Gasteiger partial charge is 0.00923 e. The molecule has 0 saturated heterocycles. The second-order valence-corrected chi connectivity index (χ2v) is 7.91. The maximum absolute atomic E-state index is 3.61. The molecule has 0 bridgehead atoms. The monoisotopic (exact) mass is 293 g/mol. The molecule has 0 radical (unpaired) electrons. The van der Waals surface area contributed by atoms with Gasteiger partial charge < -0.3 is 5.32 Å². The zero-order chi connectivity index (χ0) is 14.9. The first kappa shape index (κ1) is 17.3. The Hall–Kier alpha value is -0.0400. The quantitative estimate of drug-likeness (QED) is 0.573. The van der Waals surface area contributed by atoms with Crippen LogP contribution in [0.1, 0.15) is 96.8 Å². The van der Waals surface area contributed by atoms with Crippen LogP contribution in [0.4, 0.5) is 0 Å². The van der Waals surface area contributed by atoms with E-state index in [1.54, 1.807) is 0 Å². The zero-order valence-electron chi connectivity index (χ0n) is 14.7. The first-order valence-electron chi connectivity index (χ1n) is 10.0. The van der Waals surface area contributed by atoms with Gasteiger partial charge in [0.1, 0.15) is 0 Å². The Bertz CT molecular complexity index is 255. The molecule has 0 aromatic heterocycles. The van der Waals surface area contributed by atoms with Crippen LogP contribution in [0.25, 0.3) is 0 Å². The van der Waals surface area contributed by atoms with E-state index >= 15 is 0 Å². The molecule has 1 heteroatoms. The summed E-state index contributed by atoms with van der Waals surface area (Å²) in [5.74, 6) is 3.08. The largest absolute Gasteiger partial charge is 0.317 e. The van der Waals surface area contributed by atoms with E-state index < -0.39 is 0 Å². The Morgan fingerprint density at radius 3 is 2.19 bits per heavy atom. The van der Waals surface area contributed by atoms with Crippen molar-refractivity contribution in [1.82, 2.24) is 5.32 Å². The minimum Gasteiger partial charge on any atom is -0.317 e. The molecule has 124 valence electrons. The molecule has 2 aliphatic rings. The van der Waals surface area contributed by atoms with Crippen LogP contribution in [0, 0.1) is 17.8 Å². The van der Waals surface area contributed by atoms with Crippen molar-refractivity contribution in [2.24, 2.45) is 17.8 Å². The lowest BCUT2D eigenvalue weighted by atomic mass is 9.74. The van der Waals surface area contributed by atoms with Crippen LogP contribution in [0.5, 0.6) is 0 Å². The van der Waals surface area contributed by atoms with Gasteiger partial charge in [0.25, 0.3) is 0 Å². The third kappa shape index (κ3) is 5.93. The standard InChI is InChI=1S/C20H39N/c1-3-9-20(21-2)19-13-8-12-18(16-19)15-14-17-10-6-4-5-7-11-17/h17-21H,3-16H2,1-2H3. The van der Waals surface area contributed by atoms with Crippen LogP contribution in [0.15, 0.2) is 0 Å². The molecule has 2 rings (SSSR count). The summed E-state index contributed by atoms with van der Waals surface area (Å²) in [5, 5.41) is 3.61. The van der Waals surface area contributed by atoms with Gasteiger partial charge in [0.2, 0.25) is 0 Å². The van der Waals surface area contributed by atoms with Gasteiger partial charge in [0.05, 0.1) is 0 Å². The van der Waals surface area contributed by atoms with Crippen molar-refractivity contribution < 1.29 is 0 Å². The Kier molecular flexibility index (Phi) is 8.14. The highest BCUT2D eigenvalue weighted by Gasteiger charge is 2.27. The fourth-order valence-electron chi connectivity index (χ4n) is 5.01. The molecule has 2 fully saturated rings. The highest BCUT2D eigenvalue weighted by Crippen LogP contribution is 2.37. The topological polar surface area (TPSA) is 12.0 Å². The fourth-order valence-corrected chi connectivity index (χ4v) is 5.01. The molecular formula is C20H39N. The summed E-state index contributed by atoms with van der Waals surface area (Å²) in [4.78, 5) is 0. The van der Waals surface area contributed by atoms with E-state index in [1.165, 1.54) is 89.9 Å². The molecule has 0 amide bonds. The van der Waals surface area contributed by atoms with Gasteiger partial charge in [-0.15, -0.1) is 0 Å². The number of nitrogens with one attached hydrogen (secondary N) is 1. The van der Waals surface area contributed by atoms with E-state index in [9.17, 15) is 0 Å². The maximum Gasteiger partial charge on any atom is 0.00923 e. The first-order chi connectivity index (χ1) is 10.3. The zero-order valence-corrected chi connectivity index (χ0v) is 14.7. The summed E-state index contributed by atoms with van der Waals surface area (Å²) in [5.41, 5.74) is 0. The van der Waals surface area contributed by atoms with Gasteiger partial charge in [0, 0.05) is 6.04 Å². The van der Waals surface area contributed by atoms with E-state index in [0.717, 1.165) is 23.8 Å². The van der Waals surface area contributed by atoms with E-state index in [1.807, 2.05) is 0 Å². The lowest BCUT2D eigenvalue weighted by molar-refractivity contribution is 0.193. The van der Waals surface area contributed by atoms with Crippen molar-refractivity contribution in [3.05, 3.63) is 0 Å². The Labute approximate surface area is 133 Å². The molecule has 2 saturated carbocycles. The van der Waals surface area contributed by atoms with Crippen LogP contribution in [-0.4, -0.2) is 13.1 Å². The Balaban J connectivity index is 1.72. The number of hydrogen-bond acceptors (Lipinski definition) is 1. The highest BCUT2D eigenvalue weighted by atomic mass is 14.9. The molecule has 1 nitrogen and oxygen atoms in total. The van der Waals surface area contributed by atoms with Crippen molar-refractivity contribution in [1.29, 1.82) is 0 Å². The van der Waals surface area contributed by atoms with Gasteiger partial charge in [-0.2, -0.15) is 0 Å². The van der Waals surface area contributed by atoms with Crippen LogP contribution >= 0.6 is 0 Å². The lowest BCUT2D eigenvalue weighted by Crippen LogP contribution is -2.36. The van der Waals surface area contributed by atoms with Crippen molar-refractivity contribution in [3.63, 3.8) is 0 Å². The van der Waals surface area contributed by atoms with Gasteiger partial charge in [0.15, 0.2) is 0 Å².